The molecule has 1 aromatic heterocycles. The molecule has 0 saturated carbocycles. The number of aromatic nitrogens is 3. The number of carbonyl (C=O) groups is 2. The Balaban J connectivity index is 1.25. The second kappa shape index (κ2) is 13.6. The smallest absolute Gasteiger partial charge is 0.264 e. The first-order valence-corrected chi connectivity index (χ1v) is 20.9. The molecule has 50 heavy (non-hydrogen) atoms. The average molecular weight is 714 g/mol. The first kappa shape index (κ1) is 34.4. The number of ether oxygens (including phenoxy) is 2. The number of hydrogen-bond acceptors (Lipinski definition) is 7. The van der Waals surface area contributed by atoms with Gasteiger partial charge in [0.25, 0.3) is 5.91 Å². The highest BCUT2D eigenvalue weighted by molar-refractivity contribution is 6.91. The van der Waals surface area contributed by atoms with Crippen LogP contribution >= 0.6 is 11.6 Å². The van der Waals surface area contributed by atoms with E-state index in [9.17, 15) is 9.90 Å². The zero-order valence-electron chi connectivity index (χ0n) is 29.0. The molecule has 10 nitrogen and oxygen atoms in total. The maximum atomic E-state index is 15.1. The van der Waals surface area contributed by atoms with Gasteiger partial charge in [-0.1, -0.05) is 66.3 Å². The average Bonchev–Trinajstić information content (AvgIpc) is 3.87. The van der Waals surface area contributed by atoms with E-state index in [-0.39, 0.29) is 36.0 Å². The fourth-order valence-electron chi connectivity index (χ4n) is 8.53. The number of methoxy groups -OCH3 is 1. The van der Waals surface area contributed by atoms with E-state index in [0.717, 1.165) is 46.9 Å². The molecule has 262 valence electrons. The van der Waals surface area contributed by atoms with Crippen molar-refractivity contribution in [3.8, 4) is 5.75 Å². The van der Waals surface area contributed by atoms with Crippen LogP contribution in [-0.4, -0.2) is 66.4 Å². The van der Waals surface area contributed by atoms with Gasteiger partial charge in [-0.25, -0.2) is 0 Å². The summed E-state index contributed by atoms with van der Waals surface area (Å²) in [6.45, 7) is 8.56. The summed E-state index contributed by atoms with van der Waals surface area (Å²) in [6.07, 6.45) is 4.13. The summed E-state index contributed by atoms with van der Waals surface area (Å²) in [6, 6.07) is 22.0. The first-order chi connectivity index (χ1) is 24.1. The van der Waals surface area contributed by atoms with E-state index in [1.807, 2.05) is 70.6 Å². The highest BCUT2D eigenvalue weighted by Crippen LogP contribution is 2.60. The number of aliphatic hydroxyl groups excluding tert-OH is 1. The molecule has 4 heterocycles. The van der Waals surface area contributed by atoms with Crippen molar-refractivity contribution in [2.24, 2.45) is 5.92 Å². The Morgan fingerprint density at radius 1 is 1.08 bits per heavy atom. The fraction of sp³-hybridized carbons (Fsp3) is 0.421. The van der Waals surface area contributed by atoms with E-state index < -0.39 is 13.7 Å². The van der Waals surface area contributed by atoms with Crippen LogP contribution in [0.2, 0.25) is 23.7 Å². The molecule has 0 aliphatic carbocycles. The first-order valence-electron chi connectivity index (χ1n) is 17.4. The second-order valence-electron chi connectivity index (χ2n) is 14.3. The van der Waals surface area contributed by atoms with Gasteiger partial charge in [0.05, 0.1) is 39.2 Å². The monoisotopic (exact) mass is 713 g/mol. The molecule has 7 rings (SSSR count). The molecule has 1 spiro atoms. The lowest BCUT2D eigenvalue weighted by molar-refractivity contribution is -0.146. The van der Waals surface area contributed by atoms with Gasteiger partial charge in [0.15, 0.2) is 5.60 Å². The van der Waals surface area contributed by atoms with Crippen molar-refractivity contribution >= 4 is 48.1 Å². The molecule has 3 aliphatic heterocycles. The predicted octanol–water partition coefficient (Wildman–Crippen LogP) is 5.45. The van der Waals surface area contributed by atoms with Crippen LogP contribution in [0.4, 0.5) is 11.4 Å². The number of aliphatic hydroxyl groups is 1. The van der Waals surface area contributed by atoms with Gasteiger partial charge in [-0.3, -0.25) is 14.3 Å². The van der Waals surface area contributed by atoms with E-state index in [0.29, 0.717) is 37.4 Å². The number of aryl methyl sites for hydroxylation is 1. The second-order valence-corrected chi connectivity index (χ2v) is 19.4. The maximum Gasteiger partial charge on any atom is 0.264 e. The summed E-state index contributed by atoms with van der Waals surface area (Å²) in [5.74, 6) is 0.693. The highest BCUT2D eigenvalue weighted by atomic mass is 35.5. The topological polar surface area (TPSA) is 110 Å². The van der Waals surface area contributed by atoms with E-state index in [1.165, 1.54) is 5.19 Å². The molecular weight excluding hydrogens is 670 g/mol. The zero-order chi connectivity index (χ0) is 35.2. The van der Waals surface area contributed by atoms with Gasteiger partial charge in [0.2, 0.25) is 5.91 Å². The van der Waals surface area contributed by atoms with Gasteiger partial charge in [-0.05, 0) is 66.4 Å². The number of fused-ring (bicyclic) bond motifs is 2. The molecule has 3 aliphatic rings. The summed E-state index contributed by atoms with van der Waals surface area (Å²) in [5.41, 5.74) is 3.02. The third kappa shape index (κ3) is 5.93. The molecule has 2 fully saturated rings. The molecule has 2 saturated heterocycles. The van der Waals surface area contributed by atoms with Crippen molar-refractivity contribution in [2.45, 2.75) is 76.0 Å². The Hall–Kier alpha value is -4.03. The zero-order valence-corrected chi connectivity index (χ0v) is 30.8. The molecule has 4 aromatic rings. The number of carbonyl (C=O) groups excluding carboxylic acids is 2. The fourth-order valence-corrected chi connectivity index (χ4v) is 12.8. The van der Waals surface area contributed by atoms with Crippen LogP contribution in [-0.2, 0) is 39.4 Å². The Morgan fingerprint density at radius 2 is 1.84 bits per heavy atom. The van der Waals surface area contributed by atoms with Gasteiger partial charge < -0.3 is 24.4 Å². The van der Waals surface area contributed by atoms with E-state index in [4.69, 9.17) is 21.1 Å². The molecule has 3 aromatic carbocycles. The third-order valence-electron chi connectivity index (χ3n) is 11.1. The summed E-state index contributed by atoms with van der Waals surface area (Å²) in [4.78, 5) is 31.1. The minimum atomic E-state index is -2.33. The number of hydrogen-bond donors (Lipinski definition) is 1. The third-order valence-corrected chi connectivity index (χ3v) is 15.7. The normalized spacial score (nSPS) is 23.4. The molecule has 4 atom stereocenters. The Kier molecular flexibility index (Phi) is 9.36. The minimum absolute atomic E-state index is 0.0109. The maximum absolute atomic E-state index is 15.1. The lowest BCUT2D eigenvalue weighted by Gasteiger charge is -2.37. The number of anilines is 2. The summed E-state index contributed by atoms with van der Waals surface area (Å²) in [5, 5.41) is 19.7. The number of benzene rings is 3. The Bertz CT molecular complexity index is 1880. The summed E-state index contributed by atoms with van der Waals surface area (Å²) in [7, 11) is -0.658. The molecule has 0 unspecified atom stereocenters. The number of amides is 2. The molecule has 2 amide bonds. The minimum Gasteiger partial charge on any atom is -0.497 e. The van der Waals surface area contributed by atoms with Gasteiger partial charge in [-0.15, -0.1) is 5.10 Å². The Labute approximate surface area is 298 Å². The predicted molar refractivity (Wildman–Crippen MR) is 196 cm³/mol. The van der Waals surface area contributed by atoms with Crippen LogP contribution < -0.4 is 19.7 Å². The van der Waals surface area contributed by atoms with Gasteiger partial charge in [-0.2, -0.15) is 0 Å². The molecule has 1 N–H and O–H groups in total. The lowest BCUT2D eigenvalue weighted by atomic mass is 9.82. The largest absolute Gasteiger partial charge is 0.497 e. The summed E-state index contributed by atoms with van der Waals surface area (Å²) >= 11 is 6.68. The van der Waals surface area contributed by atoms with Crippen LogP contribution in [0, 0.1) is 5.92 Å². The van der Waals surface area contributed by atoms with Crippen molar-refractivity contribution in [1.29, 1.82) is 0 Å². The Morgan fingerprint density at radius 3 is 2.52 bits per heavy atom. The SMILES string of the molecule is COc1ccc([Si](C)(C)[C@H]2[C@H](CCn3cc(CCO)nn3)O[C@@]3(C(=O)N(Cc4ccc(N5CCCC5=O)cc4)c4ccc(Cl)cc43)[C@@H]2C)cc1. The number of nitrogens with zero attached hydrogens (tertiary/aromatic N) is 5. The van der Waals surface area contributed by atoms with E-state index in [2.05, 4.69) is 42.5 Å². The van der Waals surface area contributed by atoms with Gasteiger partial charge in [0.1, 0.15) is 5.75 Å². The summed E-state index contributed by atoms with van der Waals surface area (Å²) < 4.78 is 14.5. The number of halogens is 1. The van der Waals surface area contributed by atoms with Crippen molar-refractivity contribution in [3.05, 3.63) is 94.8 Å². The van der Waals surface area contributed by atoms with Crippen molar-refractivity contribution in [2.75, 3.05) is 30.1 Å². The van der Waals surface area contributed by atoms with Crippen LogP contribution in [0.1, 0.15) is 43.0 Å². The van der Waals surface area contributed by atoms with Crippen LogP contribution in [0.3, 0.4) is 0 Å². The van der Waals surface area contributed by atoms with Crippen LogP contribution in [0.15, 0.2) is 72.9 Å². The molecule has 12 heteroatoms. The molecule has 0 radical (unpaired) electrons. The number of rotatable bonds is 11. The van der Waals surface area contributed by atoms with Crippen LogP contribution in [0.5, 0.6) is 5.75 Å². The van der Waals surface area contributed by atoms with Crippen molar-refractivity contribution in [1.82, 2.24) is 15.0 Å². The molecular formula is C38H44ClN5O5Si. The van der Waals surface area contributed by atoms with E-state index >= 15 is 4.79 Å². The van der Waals surface area contributed by atoms with Gasteiger partial charge in [0, 0.05) is 60.9 Å². The lowest BCUT2D eigenvalue weighted by Crippen LogP contribution is -2.51. The highest BCUT2D eigenvalue weighted by Gasteiger charge is 2.66. The standard InChI is InChI=1S/C38H44ClN5O5Si/c1-25-36(50(3,4)31-14-12-30(48-2)13-15-31)34(17-20-42-24-28(18-21-45)40-41-42)49-38(25)32-22-27(39)9-16-33(32)44(37(38)47)23-26-7-10-29(11-8-26)43-19-5-6-35(43)46/h7-16,22,24-25,34,36,45H,5-6,17-21,23H2,1-4H3/t25-,34+,36-,38+/m1/s1. The van der Waals surface area contributed by atoms with E-state index in [1.54, 1.807) is 11.8 Å². The quantitative estimate of drug-likeness (QED) is 0.206. The van der Waals surface area contributed by atoms with Gasteiger partial charge >= 0.3 is 0 Å². The van der Waals surface area contributed by atoms with Crippen molar-refractivity contribution in [3.63, 3.8) is 0 Å². The van der Waals surface area contributed by atoms with Crippen LogP contribution in [0.25, 0.3) is 0 Å². The van der Waals surface area contributed by atoms with Crippen molar-refractivity contribution < 1.29 is 24.2 Å². The molecule has 0 bridgehead atoms.